The number of aromatic nitrogens is 2. The Hall–Kier alpha value is -2.21. The fourth-order valence-electron chi connectivity index (χ4n) is 1.69. The first-order valence-corrected chi connectivity index (χ1v) is 6.73. The molecule has 0 bridgehead atoms. The third-order valence-electron chi connectivity index (χ3n) is 2.51. The van der Waals surface area contributed by atoms with E-state index in [2.05, 4.69) is 15.5 Å². The predicted molar refractivity (Wildman–Crippen MR) is 83.3 cm³/mol. The van der Waals surface area contributed by atoms with Gasteiger partial charge in [-0.2, -0.15) is 5.10 Å². The minimum atomic E-state index is -0.577. The molecule has 1 aromatic carbocycles. The minimum absolute atomic E-state index is 0.390. The Morgan fingerprint density at radius 2 is 2.10 bits per heavy atom. The third kappa shape index (κ3) is 4.13. The Labute approximate surface area is 127 Å². The van der Waals surface area contributed by atoms with Crippen molar-refractivity contribution in [1.29, 1.82) is 0 Å². The molecule has 0 aliphatic heterocycles. The van der Waals surface area contributed by atoms with Crippen LogP contribution in [0.3, 0.4) is 0 Å². The maximum absolute atomic E-state index is 11.8. The van der Waals surface area contributed by atoms with Crippen LogP contribution >= 0.6 is 11.6 Å². The van der Waals surface area contributed by atoms with Crippen molar-refractivity contribution < 1.29 is 9.53 Å². The number of hydrogen-bond donors (Lipinski definition) is 3. The van der Waals surface area contributed by atoms with Gasteiger partial charge in [0.1, 0.15) is 11.4 Å². The van der Waals surface area contributed by atoms with E-state index in [4.69, 9.17) is 22.1 Å². The van der Waals surface area contributed by atoms with E-state index in [1.807, 2.05) is 0 Å². The quantitative estimate of drug-likeness (QED) is 0.789. The van der Waals surface area contributed by atoms with Crippen LogP contribution in [0.15, 0.2) is 24.3 Å². The summed E-state index contributed by atoms with van der Waals surface area (Å²) in [6.45, 7) is 5.37. The Bertz CT molecular complexity index is 661. The molecular formula is C14H17ClN4O2. The number of carbonyl (C=O) groups is 1. The highest BCUT2D eigenvalue weighted by Gasteiger charge is 2.17. The number of nitrogens with two attached hydrogens (primary N) is 1. The van der Waals surface area contributed by atoms with Gasteiger partial charge in [0, 0.05) is 11.6 Å². The largest absolute Gasteiger partial charge is 0.444 e. The Kier molecular flexibility index (Phi) is 4.09. The van der Waals surface area contributed by atoms with Gasteiger partial charge in [-0.1, -0.05) is 17.7 Å². The van der Waals surface area contributed by atoms with Crippen molar-refractivity contribution >= 4 is 29.2 Å². The number of nitrogen functional groups attached to an aromatic ring is 1. The second-order valence-electron chi connectivity index (χ2n) is 5.53. The van der Waals surface area contributed by atoms with Gasteiger partial charge < -0.3 is 10.5 Å². The molecule has 0 fully saturated rings. The standard InChI is InChI=1S/C14H17ClN4O2/c1-14(2,3)21-13(20)17-11-6-8(4-5-9(11)15)10-7-12(16)19-18-10/h4-7H,1-3H3,(H,17,20)(H3,16,18,19). The molecule has 0 aliphatic rings. The van der Waals surface area contributed by atoms with E-state index in [0.717, 1.165) is 11.3 Å². The van der Waals surface area contributed by atoms with E-state index in [1.165, 1.54) is 0 Å². The Morgan fingerprint density at radius 3 is 2.67 bits per heavy atom. The molecule has 0 atom stereocenters. The maximum Gasteiger partial charge on any atom is 0.412 e. The van der Waals surface area contributed by atoms with Gasteiger partial charge in [0.25, 0.3) is 0 Å². The number of nitrogens with zero attached hydrogens (tertiary/aromatic N) is 1. The van der Waals surface area contributed by atoms with E-state index < -0.39 is 11.7 Å². The molecule has 112 valence electrons. The SMILES string of the molecule is CC(C)(C)OC(=O)Nc1cc(-c2cc(N)n[nH]2)ccc1Cl. The zero-order valence-electron chi connectivity index (χ0n) is 12.0. The van der Waals surface area contributed by atoms with Gasteiger partial charge in [0.15, 0.2) is 0 Å². The number of hydrogen-bond acceptors (Lipinski definition) is 4. The molecular weight excluding hydrogens is 292 g/mol. The normalized spacial score (nSPS) is 11.2. The number of aromatic amines is 1. The van der Waals surface area contributed by atoms with Crippen LogP contribution in [0.4, 0.5) is 16.3 Å². The van der Waals surface area contributed by atoms with Crippen LogP contribution in [0.2, 0.25) is 5.02 Å². The number of H-pyrrole nitrogens is 1. The highest BCUT2D eigenvalue weighted by atomic mass is 35.5. The molecule has 2 rings (SSSR count). The number of halogens is 1. The van der Waals surface area contributed by atoms with Crippen LogP contribution in [-0.4, -0.2) is 21.9 Å². The lowest BCUT2D eigenvalue weighted by Crippen LogP contribution is -2.27. The smallest absolute Gasteiger partial charge is 0.412 e. The highest BCUT2D eigenvalue weighted by molar-refractivity contribution is 6.33. The van der Waals surface area contributed by atoms with E-state index in [9.17, 15) is 4.79 Å². The van der Waals surface area contributed by atoms with Crippen molar-refractivity contribution in [3.63, 3.8) is 0 Å². The molecule has 1 heterocycles. The predicted octanol–water partition coefficient (Wildman–Crippen LogP) is 3.66. The molecule has 0 spiro atoms. The second kappa shape index (κ2) is 5.65. The van der Waals surface area contributed by atoms with Crippen molar-refractivity contribution in [3.8, 4) is 11.3 Å². The van der Waals surface area contributed by atoms with Crippen molar-refractivity contribution in [2.45, 2.75) is 26.4 Å². The monoisotopic (exact) mass is 308 g/mol. The molecule has 2 aromatic rings. The van der Waals surface area contributed by atoms with Crippen LogP contribution in [-0.2, 0) is 4.74 Å². The topological polar surface area (TPSA) is 93.0 Å². The molecule has 6 nitrogen and oxygen atoms in total. The first kappa shape index (κ1) is 15.2. The number of anilines is 2. The molecule has 0 radical (unpaired) electrons. The summed E-state index contributed by atoms with van der Waals surface area (Å²) in [5.74, 6) is 0.390. The van der Waals surface area contributed by atoms with Crippen LogP contribution in [0.25, 0.3) is 11.3 Å². The summed E-state index contributed by atoms with van der Waals surface area (Å²) in [6.07, 6.45) is -0.564. The first-order valence-electron chi connectivity index (χ1n) is 6.35. The number of ether oxygens (including phenoxy) is 1. The van der Waals surface area contributed by atoms with Gasteiger partial charge in [-0.3, -0.25) is 10.4 Å². The van der Waals surface area contributed by atoms with Crippen molar-refractivity contribution in [3.05, 3.63) is 29.3 Å². The molecule has 0 aliphatic carbocycles. The minimum Gasteiger partial charge on any atom is -0.444 e. The summed E-state index contributed by atoms with van der Waals surface area (Å²) in [4.78, 5) is 11.8. The van der Waals surface area contributed by atoms with Gasteiger partial charge >= 0.3 is 6.09 Å². The van der Waals surface area contributed by atoms with E-state index in [-0.39, 0.29) is 0 Å². The number of carbonyl (C=O) groups excluding carboxylic acids is 1. The average molecular weight is 309 g/mol. The Balaban J connectivity index is 2.22. The summed E-state index contributed by atoms with van der Waals surface area (Å²) < 4.78 is 5.20. The van der Waals surface area contributed by atoms with Crippen molar-refractivity contribution in [2.75, 3.05) is 11.1 Å². The first-order chi connectivity index (χ1) is 9.74. The number of amides is 1. The Morgan fingerprint density at radius 1 is 1.38 bits per heavy atom. The summed E-state index contributed by atoms with van der Waals surface area (Å²) in [7, 11) is 0. The molecule has 21 heavy (non-hydrogen) atoms. The molecule has 0 unspecified atom stereocenters. The van der Waals surface area contributed by atoms with Gasteiger partial charge in [-0.25, -0.2) is 4.79 Å². The van der Waals surface area contributed by atoms with Crippen LogP contribution in [0.1, 0.15) is 20.8 Å². The van der Waals surface area contributed by atoms with E-state index in [0.29, 0.717) is 16.5 Å². The van der Waals surface area contributed by atoms with E-state index in [1.54, 1.807) is 45.0 Å². The van der Waals surface area contributed by atoms with Gasteiger partial charge in [0.05, 0.1) is 16.4 Å². The van der Waals surface area contributed by atoms with Gasteiger partial charge in [0.2, 0.25) is 0 Å². The van der Waals surface area contributed by atoms with Crippen LogP contribution in [0, 0.1) is 0 Å². The number of nitrogens with one attached hydrogen (secondary N) is 2. The average Bonchev–Trinajstić information content (AvgIpc) is 2.76. The summed E-state index contributed by atoms with van der Waals surface area (Å²) in [5, 5.41) is 9.70. The molecule has 0 saturated heterocycles. The summed E-state index contributed by atoms with van der Waals surface area (Å²) in [6, 6.07) is 6.90. The molecule has 0 saturated carbocycles. The van der Waals surface area contributed by atoms with Crippen LogP contribution < -0.4 is 11.1 Å². The highest BCUT2D eigenvalue weighted by Crippen LogP contribution is 2.28. The molecule has 7 heteroatoms. The third-order valence-corrected chi connectivity index (χ3v) is 2.84. The maximum atomic E-state index is 11.8. The van der Waals surface area contributed by atoms with Crippen molar-refractivity contribution in [1.82, 2.24) is 10.2 Å². The fraction of sp³-hybridized carbons (Fsp3) is 0.286. The zero-order chi connectivity index (χ0) is 15.6. The summed E-state index contributed by atoms with van der Waals surface area (Å²) >= 11 is 6.08. The molecule has 1 aromatic heterocycles. The zero-order valence-corrected chi connectivity index (χ0v) is 12.8. The fourth-order valence-corrected chi connectivity index (χ4v) is 1.85. The lowest BCUT2D eigenvalue weighted by molar-refractivity contribution is 0.0636. The lowest BCUT2D eigenvalue weighted by atomic mass is 10.1. The molecule has 4 N–H and O–H groups in total. The van der Waals surface area contributed by atoms with E-state index >= 15 is 0 Å². The lowest BCUT2D eigenvalue weighted by Gasteiger charge is -2.20. The second-order valence-corrected chi connectivity index (χ2v) is 5.94. The van der Waals surface area contributed by atoms with Gasteiger partial charge in [-0.15, -0.1) is 0 Å². The number of benzene rings is 1. The van der Waals surface area contributed by atoms with Gasteiger partial charge in [-0.05, 0) is 32.9 Å². The molecule has 1 amide bonds. The number of rotatable bonds is 2. The van der Waals surface area contributed by atoms with Crippen LogP contribution in [0.5, 0.6) is 0 Å². The van der Waals surface area contributed by atoms with Crippen molar-refractivity contribution in [2.24, 2.45) is 0 Å². The summed E-state index contributed by atoms with van der Waals surface area (Å²) in [5.41, 5.74) is 6.99.